The summed E-state index contributed by atoms with van der Waals surface area (Å²) in [5, 5.41) is 3.13. The molecule has 1 fully saturated rings. The van der Waals surface area contributed by atoms with Gasteiger partial charge in [-0.3, -0.25) is 19.3 Å². The topological polar surface area (TPSA) is 84.9 Å². The zero-order valence-corrected chi connectivity index (χ0v) is 21.3. The van der Waals surface area contributed by atoms with E-state index < -0.39 is 0 Å². The number of hydrogen-bond acceptors (Lipinski definition) is 6. The number of nitrogens with zero attached hydrogens (tertiary/aromatic N) is 1. The summed E-state index contributed by atoms with van der Waals surface area (Å²) in [6.45, 7) is 3.03. The van der Waals surface area contributed by atoms with Crippen molar-refractivity contribution in [1.82, 2.24) is 4.90 Å². The van der Waals surface area contributed by atoms with Crippen LogP contribution in [0.4, 0.5) is 5.69 Å². The first-order valence-electron chi connectivity index (χ1n) is 12.3. The van der Waals surface area contributed by atoms with Crippen LogP contribution in [0.2, 0.25) is 0 Å². The van der Waals surface area contributed by atoms with Crippen molar-refractivity contribution in [2.45, 2.75) is 31.1 Å². The molecule has 3 aromatic carbocycles. The molecule has 0 aromatic heterocycles. The molecule has 190 valence electrons. The van der Waals surface area contributed by atoms with Gasteiger partial charge in [0.2, 0.25) is 5.91 Å². The minimum Gasteiger partial charge on any atom is -0.457 e. The Kier molecular flexibility index (Phi) is 7.58. The van der Waals surface area contributed by atoms with Crippen LogP contribution in [0.3, 0.4) is 0 Å². The Hall–Kier alpha value is -3.62. The van der Waals surface area contributed by atoms with Crippen molar-refractivity contribution in [2.75, 3.05) is 24.2 Å². The molecule has 5 rings (SSSR count). The van der Waals surface area contributed by atoms with Crippen molar-refractivity contribution >= 4 is 35.2 Å². The van der Waals surface area contributed by atoms with Gasteiger partial charge in [0.15, 0.2) is 0 Å². The van der Waals surface area contributed by atoms with Gasteiger partial charge in [0, 0.05) is 17.5 Å². The number of carbonyl (C=O) groups is 3. The normalized spacial score (nSPS) is 17.5. The molecule has 2 atom stereocenters. The van der Waals surface area contributed by atoms with E-state index in [0.29, 0.717) is 40.7 Å². The fourth-order valence-electron chi connectivity index (χ4n) is 4.45. The molecule has 7 nitrogen and oxygen atoms in total. The molecule has 8 heteroatoms. The minimum absolute atomic E-state index is 0.0733. The average Bonchev–Trinajstić information content (AvgIpc) is 3.52. The first-order valence-corrected chi connectivity index (χ1v) is 13.4. The van der Waals surface area contributed by atoms with Crippen LogP contribution in [-0.2, 0) is 9.53 Å². The monoisotopic (exact) mass is 516 g/mol. The van der Waals surface area contributed by atoms with Crippen LogP contribution in [0, 0.1) is 0 Å². The maximum atomic E-state index is 12.9. The lowest BCUT2D eigenvalue weighted by molar-refractivity contribution is -0.113. The highest BCUT2D eigenvalue weighted by Crippen LogP contribution is 2.31. The molecule has 0 spiro atoms. The van der Waals surface area contributed by atoms with Gasteiger partial charge in [-0.15, -0.1) is 11.8 Å². The number of anilines is 1. The van der Waals surface area contributed by atoms with E-state index in [9.17, 15) is 14.4 Å². The summed E-state index contributed by atoms with van der Waals surface area (Å²) < 4.78 is 11.5. The fourth-order valence-corrected chi connectivity index (χ4v) is 5.27. The SMILES string of the molecule is CC(SCC(=O)Nc1ccc(Oc2ccc3c(c2)C(=O)N(CC2CCCO2)C3=O)cc1)c1ccccc1. The standard InChI is InChI=1S/C29H28N2O5S/c1-19(20-6-3-2-4-7-20)37-18-27(32)30-21-9-11-22(12-10-21)36-23-13-14-25-26(16-23)29(34)31(28(25)33)17-24-8-5-15-35-24/h2-4,6-7,9-14,16,19,24H,5,8,15,17-18H2,1H3,(H,30,32). The van der Waals surface area contributed by atoms with Gasteiger partial charge in [0.25, 0.3) is 11.8 Å². The van der Waals surface area contributed by atoms with Gasteiger partial charge in [-0.2, -0.15) is 0 Å². The molecule has 3 aromatic rings. The predicted octanol–water partition coefficient (Wildman–Crippen LogP) is 5.69. The second kappa shape index (κ2) is 11.2. The van der Waals surface area contributed by atoms with Crippen molar-refractivity contribution in [3.63, 3.8) is 0 Å². The van der Waals surface area contributed by atoms with E-state index in [1.54, 1.807) is 54.2 Å². The maximum absolute atomic E-state index is 12.9. The molecule has 0 aliphatic carbocycles. The lowest BCUT2D eigenvalue weighted by Gasteiger charge is -2.17. The van der Waals surface area contributed by atoms with E-state index in [-0.39, 0.29) is 35.6 Å². The quantitative estimate of drug-likeness (QED) is 0.368. The van der Waals surface area contributed by atoms with Gasteiger partial charge < -0.3 is 14.8 Å². The van der Waals surface area contributed by atoms with Crippen LogP contribution in [-0.4, -0.2) is 47.6 Å². The molecule has 37 heavy (non-hydrogen) atoms. The first kappa shape index (κ1) is 25.0. The number of thioether (sulfide) groups is 1. The average molecular weight is 517 g/mol. The number of fused-ring (bicyclic) bond motifs is 1. The third-order valence-electron chi connectivity index (χ3n) is 6.46. The molecule has 0 radical (unpaired) electrons. The summed E-state index contributed by atoms with van der Waals surface area (Å²) in [7, 11) is 0. The Balaban J connectivity index is 1.15. The van der Waals surface area contributed by atoms with Crippen LogP contribution in [0.25, 0.3) is 0 Å². The Labute approximate surface area is 220 Å². The molecule has 2 aliphatic heterocycles. The fraction of sp³-hybridized carbons (Fsp3) is 0.276. The number of ether oxygens (including phenoxy) is 2. The summed E-state index contributed by atoms with van der Waals surface area (Å²) >= 11 is 1.58. The minimum atomic E-state index is -0.321. The van der Waals surface area contributed by atoms with Gasteiger partial charge in [-0.05, 0) is 67.8 Å². The van der Waals surface area contributed by atoms with Crippen LogP contribution in [0.5, 0.6) is 11.5 Å². The Morgan fingerprint density at radius 1 is 1.03 bits per heavy atom. The number of benzene rings is 3. The summed E-state index contributed by atoms with van der Waals surface area (Å²) in [6, 6.07) is 22.0. The summed E-state index contributed by atoms with van der Waals surface area (Å²) in [5.41, 5.74) is 2.58. The molecule has 0 saturated carbocycles. The van der Waals surface area contributed by atoms with E-state index in [1.807, 2.05) is 18.2 Å². The van der Waals surface area contributed by atoms with Crippen molar-refractivity contribution in [2.24, 2.45) is 0 Å². The van der Waals surface area contributed by atoms with Crippen LogP contribution in [0.1, 0.15) is 51.3 Å². The third kappa shape index (κ3) is 5.87. The molecule has 1 N–H and O–H groups in total. The van der Waals surface area contributed by atoms with E-state index in [4.69, 9.17) is 9.47 Å². The summed E-state index contributed by atoms with van der Waals surface area (Å²) in [5.74, 6) is 0.674. The van der Waals surface area contributed by atoms with Crippen molar-refractivity contribution < 1.29 is 23.9 Å². The molecule has 2 heterocycles. The molecular weight excluding hydrogens is 488 g/mol. The number of carbonyl (C=O) groups excluding carboxylic acids is 3. The molecule has 1 saturated heterocycles. The van der Waals surface area contributed by atoms with Gasteiger partial charge in [0.1, 0.15) is 11.5 Å². The van der Waals surface area contributed by atoms with E-state index >= 15 is 0 Å². The lowest BCUT2D eigenvalue weighted by atomic mass is 10.1. The van der Waals surface area contributed by atoms with Crippen molar-refractivity contribution in [3.05, 3.63) is 89.5 Å². The second-order valence-electron chi connectivity index (χ2n) is 9.10. The van der Waals surface area contributed by atoms with E-state index in [2.05, 4.69) is 24.4 Å². The number of imide groups is 1. The van der Waals surface area contributed by atoms with Gasteiger partial charge >= 0.3 is 0 Å². The van der Waals surface area contributed by atoms with Crippen molar-refractivity contribution in [1.29, 1.82) is 0 Å². The zero-order valence-electron chi connectivity index (χ0n) is 20.5. The highest BCUT2D eigenvalue weighted by Gasteiger charge is 2.37. The highest BCUT2D eigenvalue weighted by molar-refractivity contribution is 8.00. The third-order valence-corrected chi connectivity index (χ3v) is 7.66. The van der Waals surface area contributed by atoms with Gasteiger partial charge in [-0.1, -0.05) is 30.3 Å². The highest BCUT2D eigenvalue weighted by atomic mass is 32.2. The molecule has 3 amide bonds. The molecule has 0 bridgehead atoms. The first-order chi connectivity index (χ1) is 18.0. The smallest absolute Gasteiger partial charge is 0.261 e. The lowest BCUT2D eigenvalue weighted by Crippen LogP contribution is -2.36. The van der Waals surface area contributed by atoms with Crippen LogP contribution >= 0.6 is 11.8 Å². The predicted molar refractivity (Wildman–Crippen MR) is 143 cm³/mol. The largest absolute Gasteiger partial charge is 0.457 e. The molecular formula is C29H28N2O5S. The van der Waals surface area contributed by atoms with E-state index in [1.165, 1.54) is 10.5 Å². The maximum Gasteiger partial charge on any atom is 0.261 e. The van der Waals surface area contributed by atoms with Crippen LogP contribution in [0.15, 0.2) is 72.8 Å². The second-order valence-corrected chi connectivity index (χ2v) is 10.4. The Morgan fingerprint density at radius 2 is 1.76 bits per heavy atom. The number of rotatable bonds is 9. The van der Waals surface area contributed by atoms with Crippen LogP contribution < -0.4 is 10.1 Å². The summed E-state index contributed by atoms with van der Waals surface area (Å²) in [4.78, 5) is 39.2. The Bertz CT molecular complexity index is 1290. The molecule has 2 aliphatic rings. The number of amides is 3. The number of hydrogen-bond donors (Lipinski definition) is 1. The number of nitrogens with one attached hydrogen (secondary N) is 1. The van der Waals surface area contributed by atoms with Gasteiger partial charge in [-0.25, -0.2) is 0 Å². The van der Waals surface area contributed by atoms with Gasteiger partial charge in [0.05, 0.1) is 29.5 Å². The van der Waals surface area contributed by atoms with E-state index in [0.717, 1.165) is 12.8 Å². The summed E-state index contributed by atoms with van der Waals surface area (Å²) in [6.07, 6.45) is 1.70. The van der Waals surface area contributed by atoms with Crippen molar-refractivity contribution in [3.8, 4) is 11.5 Å². The Morgan fingerprint density at radius 3 is 2.49 bits per heavy atom. The molecule has 2 unspecified atom stereocenters. The zero-order chi connectivity index (χ0) is 25.8.